The summed E-state index contributed by atoms with van der Waals surface area (Å²) < 4.78 is 7.54. The number of nitrogens with zero attached hydrogens (tertiary/aromatic N) is 3. The number of aromatic nitrogens is 1. The molecule has 0 fully saturated rings. The van der Waals surface area contributed by atoms with Gasteiger partial charge in [-0.3, -0.25) is 14.5 Å². The summed E-state index contributed by atoms with van der Waals surface area (Å²) in [6.07, 6.45) is -0.349. The fraction of sp³-hybridized carbons (Fsp3) is 0.323. The SMILES string of the molecule is C[C@@H]1CN([C@@H](C)CO)C(=O)c2cccc(NC(=O)c3nc4ccccc4s3)c2O[C@H]1CN(C)Cc1ccc(Cl)c(Cl)c1. The second-order valence-corrected chi connectivity index (χ2v) is 12.5. The van der Waals surface area contributed by atoms with Crippen LogP contribution in [0.25, 0.3) is 10.2 Å². The molecule has 2 heterocycles. The number of aliphatic hydroxyl groups is 1. The van der Waals surface area contributed by atoms with Crippen molar-refractivity contribution in [2.75, 3.05) is 32.1 Å². The van der Waals surface area contributed by atoms with E-state index in [0.29, 0.717) is 51.7 Å². The molecule has 0 aliphatic carbocycles. The molecule has 11 heteroatoms. The lowest BCUT2D eigenvalue weighted by atomic mass is 9.98. The van der Waals surface area contributed by atoms with Crippen molar-refractivity contribution in [2.45, 2.75) is 32.5 Å². The number of hydrogen-bond donors (Lipinski definition) is 2. The van der Waals surface area contributed by atoms with Crippen LogP contribution in [0.4, 0.5) is 5.69 Å². The number of aliphatic hydroxyl groups excluding tert-OH is 1. The van der Waals surface area contributed by atoms with E-state index in [1.807, 2.05) is 57.3 Å². The predicted molar refractivity (Wildman–Crippen MR) is 168 cm³/mol. The highest BCUT2D eigenvalue weighted by Gasteiger charge is 2.34. The smallest absolute Gasteiger partial charge is 0.284 e. The summed E-state index contributed by atoms with van der Waals surface area (Å²) in [6.45, 7) is 5.18. The van der Waals surface area contributed by atoms with Crippen LogP contribution in [0.5, 0.6) is 5.75 Å². The van der Waals surface area contributed by atoms with Crippen LogP contribution in [0.3, 0.4) is 0 Å². The monoisotopic (exact) mass is 626 g/mol. The summed E-state index contributed by atoms with van der Waals surface area (Å²) in [5, 5.41) is 14.2. The quantitative estimate of drug-likeness (QED) is 0.241. The third-order valence-corrected chi connectivity index (χ3v) is 9.13. The Morgan fingerprint density at radius 1 is 1.19 bits per heavy atom. The summed E-state index contributed by atoms with van der Waals surface area (Å²) in [5.41, 5.74) is 2.45. The average molecular weight is 628 g/mol. The van der Waals surface area contributed by atoms with Crippen molar-refractivity contribution in [1.82, 2.24) is 14.8 Å². The lowest BCUT2D eigenvalue weighted by Gasteiger charge is -2.38. The van der Waals surface area contributed by atoms with Gasteiger partial charge in [0.1, 0.15) is 6.10 Å². The van der Waals surface area contributed by atoms with E-state index in [0.717, 1.165) is 15.8 Å². The first kappa shape index (κ1) is 30.3. The minimum atomic E-state index is -0.401. The zero-order chi connectivity index (χ0) is 30.0. The van der Waals surface area contributed by atoms with Gasteiger partial charge in [-0.2, -0.15) is 0 Å². The second kappa shape index (κ2) is 13.0. The summed E-state index contributed by atoms with van der Waals surface area (Å²) in [7, 11) is 1.98. The van der Waals surface area contributed by atoms with Gasteiger partial charge >= 0.3 is 0 Å². The molecule has 2 amide bonds. The standard InChI is InChI=1S/C31H32Cl2N4O4S/c1-18-14-37(19(2)17-38)31(40)21-7-6-9-25(34-29(39)30-35-24-8-4-5-10-27(24)42-30)28(21)41-26(18)16-36(3)15-20-11-12-22(32)23(33)13-20/h4-13,18-19,26,38H,14-17H2,1-3H3,(H,34,39)/t18-,19+,26+/m1/s1. The molecule has 220 valence electrons. The first-order valence-corrected chi connectivity index (χ1v) is 15.2. The number of carbonyl (C=O) groups excluding carboxylic acids is 2. The van der Waals surface area contributed by atoms with Crippen LogP contribution < -0.4 is 10.1 Å². The minimum Gasteiger partial charge on any atom is -0.486 e. The maximum atomic E-state index is 13.8. The van der Waals surface area contributed by atoms with Crippen LogP contribution in [0, 0.1) is 5.92 Å². The molecule has 0 unspecified atom stereocenters. The zero-order valence-electron chi connectivity index (χ0n) is 23.5. The Morgan fingerprint density at radius 3 is 2.71 bits per heavy atom. The van der Waals surface area contributed by atoms with Gasteiger partial charge in [0.2, 0.25) is 0 Å². The number of carbonyl (C=O) groups is 2. The number of fused-ring (bicyclic) bond motifs is 2. The number of thiazole rings is 1. The molecular formula is C31H32Cl2N4O4S. The van der Waals surface area contributed by atoms with Gasteiger partial charge in [0.25, 0.3) is 11.8 Å². The van der Waals surface area contributed by atoms with E-state index >= 15 is 0 Å². The normalized spacial score (nSPS) is 17.9. The first-order chi connectivity index (χ1) is 20.1. The second-order valence-electron chi connectivity index (χ2n) is 10.7. The van der Waals surface area contributed by atoms with E-state index in [1.165, 1.54) is 11.3 Å². The Labute approximate surface area is 258 Å². The Kier molecular flexibility index (Phi) is 9.35. The molecular weight excluding hydrogens is 595 g/mol. The Morgan fingerprint density at radius 2 is 1.98 bits per heavy atom. The molecule has 8 nitrogen and oxygen atoms in total. The van der Waals surface area contributed by atoms with Crippen LogP contribution >= 0.6 is 34.5 Å². The summed E-state index contributed by atoms with van der Waals surface area (Å²) in [5.74, 6) is -0.450. The molecule has 0 saturated heterocycles. The Hall–Kier alpha value is -3.21. The van der Waals surface area contributed by atoms with Crippen molar-refractivity contribution in [2.24, 2.45) is 5.92 Å². The van der Waals surface area contributed by atoms with Gasteiger partial charge in [0.15, 0.2) is 10.8 Å². The lowest BCUT2D eigenvalue weighted by molar-refractivity contribution is 0.0343. The molecule has 1 aliphatic heterocycles. The number of benzene rings is 3. The molecule has 2 N–H and O–H groups in total. The lowest BCUT2D eigenvalue weighted by Crippen LogP contribution is -2.49. The number of halogens is 2. The van der Waals surface area contributed by atoms with Crippen LogP contribution in [0.2, 0.25) is 10.0 Å². The number of rotatable bonds is 8. The summed E-state index contributed by atoms with van der Waals surface area (Å²) in [4.78, 5) is 35.4. The summed E-state index contributed by atoms with van der Waals surface area (Å²) >= 11 is 13.6. The highest BCUT2D eigenvalue weighted by molar-refractivity contribution is 7.20. The number of nitrogens with one attached hydrogen (secondary N) is 1. The number of likely N-dealkylation sites (N-methyl/N-ethyl adjacent to an activating group) is 1. The molecule has 5 rings (SSSR count). The molecule has 0 bridgehead atoms. The molecule has 1 aliphatic rings. The van der Waals surface area contributed by atoms with Gasteiger partial charge in [0, 0.05) is 25.6 Å². The third-order valence-electron chi connectivity index (χ3n) is 7.36. The molecule has 3 atom stereocenters. The molecule has 0 saturated carbocycles. The molecule has 1 aromatic heterocycles. The van der Waals surface area contributed by atoms with E-state index in [9.17, 15) is 14.7 Å². The van der Waals surface area contributed by atoms with Crippen LogP contribution in [-0.2, 0) is 6.54 Å². The van der Waals surface area contributed by atoms with E-state index in [2.05, 4.69) is 15.2 Å². The highest BCUT2D eigenvalue weighted by Crippen LogP contribution is 2.36. The number of para-hydroxylation sites is 2. The number of hydrogen-bond acceptors (Lipinski definition) is 7. The van der Waals surface area contributed by atoms with Crippen LogP contribution in [-0.4, -0.2) is 70.6 Å². The van der Waals surface area contributed by atoms with Crippen LogP contribution in [0.1, 0.15) is 39.6 Å². The van der Waals surface area contributed by atoms with Gasteiger partial charge in [-0.15, -0.1) is 11.3 Å². The Bertz CT molecular complexity index is 1580. The molecule has 4 aromatic rings. The maximum Gasteiger partial charge on any atom is 0.284 e. The van der Waals surface area contributed by atoms with Crippen molar-refractivity contribution in [1.29, 1.82) is 0 Å². The predicted octanol–water partition coefficient (Wildman–Crippen LogP) is 6.21. The molecule has 0 spiro atoms. The molecule has 3 aromatic carbocycles. The Balaban J connectivity index is 1.46. The van der Waals surface area contributed by atoms with Crippen molar-refractivity contribution < 1.29 is 19.4 Å². The largest absolute Gasteiger partial charge is 0.486 e. The minimum absolute atomic E-state index is 0.0969. The topological polar surface area (TPSA) is 95.0 Å². The van der Waals surface area contributed by atoms with Gasteiger partial charge < -0.3 is 20.1 Å². The molecule has 42 heavy (non-hydrogen) atoms. The average Bonchev–Trinajstić information content (AvgIpc) is 3.41. The van der Waals surface area contributed by atoms with E-state index in [1.54, 1.807) is 29.2 Å². The molecule has 0 radical (unpaired) electrons. The number of anilines is 1. The van der Waals surface area contributed by atoms with Gasteiger partial charge in [-0.1, -0.05) is 54.4 Å². The van der Waals surface area contributed by atoms with Crippen molar-refractivity contribution in [3.05, 3.63) is 86.8 Å². The fourth-order valence-corrected chi connectivity index (χ4v) is 6.21. The van der Waals surface area contributed by atoms with Crippen molar-refractivity contribution >= 4 is 62.3 Å². The van der Waals surface area contributed by atoms with Crippen molar-refractivity contribution in [3.8, 4) is 5.75 Å². The van der Waals surface area contributed by atoms with E-state index in [-0.39, 0.29) is 30.4 Å². The highest BCUT2D eigenvalue weighted by atomic mass is 35.5. The van der Waals surface area contributed by atoms with Gasteiger partial charge in [-0.05, 0) is 55.9 Å². The third kappa shape index (κ3) is 6.55. The van der Waals surface area contributed by atoms with E-state index < -0.39 is 6.04 Å². The van der Waals surface area contributed by atoms with Gasteiger partial charge in [0.05, 0.1) is 44.2 Å². The zero-order valence-corrected chi connectivity index (χ0v) is 25.8. The number of ether oxygens (including phenoxy) is 1. The van der Waals surface area contributed by atoms with Crippen LogP contribution in [0.15, 0.2) is 60.7 Å². The first-order valence-electron chi connectivity index (χ1n) is 13.7. The number of amides is 2. The van der Waals surface area contributed by atoms with Gasteiger partial charge in [-0.25, -0.2) is 4.98 Å². The van der Waals surface area contributed by atoms with E-state index in [4.69, 9.17) is 27.9 Å². The van der Waals surface area contributed by atoms with Crippen molar-refractivity contribution in [3.63, 3.8) is 0 Å². The fourth-order valence-electron chi connectivity index (χ4n) is 5.03. The maximum absolute atomic E-state index is 13.8. The summed E-state index contributed by atoms with van der Waals surface area (Å²) in [6, 6.07) is 17.8.